The second-order valence-corrected chi connectivity index (χ2v) is 4.92. The molecule has 0 aliphatic rings. The summed E-state index contributed by atoms with van der Waals surface area (Å²) in [4.78, 5) is 0. The Morgan fingerprint density at radius 3 is 2.50 bits per heavy atom. The van der Waals surface area contributed by atoms with E-state index in [4.69, 9.17) is 0 Å². The molecule has 0 saturated heterocycles. The summed E-state index contributed by atoms with van der Waals surface area (Å²) in [5, 5.41) is 3.56. The standard InChI is InChI=1S/C19H21N/c1-4-9-17-14-15(3)12-13-19(17)20-18(5-2)16-10-7-6-8-11-16/h4-8,10-14,18,20H,1-2,9H2,3H3/t18-/m0/s1. The van der Waals surface area contributed by atoms with Gasteiger partial charge in [-0.3, -0.25) is 0 Å². The van der Waals surface area contributed by atoms with Crippen molar-refractivity contribution < 1.29 is 0 Å². The van der Waals surface area contributed by atoms with Crippen LogP contribution in [0.25, 0.3) is 0 Å². The molecule has 2 aromatic rings. The zero-order chi connectivity index (χ0) is 14.4. The van der Waals surface area contributed by atoms with Crippen molar-refractivity contribution in [2.24, 2.45) is 0 Å². The Kier molecular flexibility index (Phi) is 4.78. The molecule has 0 aromatic heterocycles. The first-order valence-corrected chi connectivity index (χ1v) is 6.89. The Balaban J connectivity index is 2.28. The molecular formula is C19H21N. The summed E-state index contributed by atoms with van der Waals surface area (Å²) in [5.74, 6) is 0. The Morgan fingerprint density at radius 1 is 1.10 bits per heavy atom. The average Bonchev–Trinajstić information content (AvgIpc) is 2.48. The molecule has 0 spiro atoms. The van der Waals surface area contributed by atoms with Crippen molar-refractivity contribution >= 4 is 5.69 Å². The number of nitrogens with one attached hydrogen (secondary N) is 1. The molecule has 1 nitrogen and oxygen atoms in total. The molecule has 0 amide bonds. The molecule has 2 rings (SSSR count). The van der Waals surface area contributed by atoms with E-state index in [1.807, 2.05) is 30.4 Å². The molecule has 1 atom stereocenters. The van der Waals surface area contributed by atoms with Gasteiger partial charge < -0.3 is 5.32 Å². The van der Waals surface area contributed by atoms with Gasteiger partial charge in [-0.25, -0.2) is 0 Å². The number of anilines is 1. The van der Waals surface area contributed by atoms with Crippen LogP contribution in [-0.2, 0) is 6.42 Å². The Labute approximate surface area is 121 Å². The molecular weight excluding hydrogens is 242 g/mol. The number of allylic oxidation sites excluding steroid dienone is 1. The fourth-order valence-electron chi connectivity index (χ4n) is 2.29. The van der Waals surface area contributed by atoms with E-state index in [0.29, 0.717) is 0 Å². The molecule has 0 saturated carbocycles. The van der Waals surface area contributed by atoms with E-state index in [0.717, 1.165) is 12.1 Å². The van der Waals surface area contributed by atoms with Crippen LogP contribution in [0.4, 0.5) is 5.69 Å². The second kappa shape index (κ2) is 6.76. The van der Waals surface area contributed by atoms with Gasteiger partial charge >= 0.3 is 0 Å². The van der Waals surface area contributed by atoms with Crippen molar-refractivity contribution in [1.82, 2.24) is 0 Å². The van der Waals surface area contributed by atoms with Gasteiger partial charge in [0.1, 0.15) is 0 Å². The van der Waals surface area contributed by atoms with Gasteiger partial charge in [-0.2, -0.15) is 0 Å². The van der Waals surface area contributed by atoms with E-state index in [9.17, 15) is 0 Å². The van der Waals surface area contributed by atoms with Crippen LogP contribution in [0.5, 0.6) is 0 Å². The first-order chi connectivity index (χ1) is 9.74. The predicted molar refractivity (Wildman–Crippen MR) is 88.1 cm³/mol. The van der Waals surface area contributed by atoms with Gasteiger partial charge in [0, 0.05) is 5.69 Å². The van der Waals surface area contributed by atoms with E-state index < -0.39 is 0 Å². The molecule has 0 aliphatic carbocycles. The van der Waals surface area contributed by atoms with Crippen LogP contribution >= 0.6 is 0 Å². The largest absolute Gasteiger partial charge is 0.375 e. The van der Waals surface area contributed by atoms with Gasteiger partial charge in [-0.1, -0.05) is 60.2 Å². The summed E-state index contributed by atoms with van der Waals surface area (Å²) < 4.78 is 0. The lowest BCUT2D eigenvalue weighted by molar-refractivity contribution is 0.980. The summed E-state index contributed by atoms with van der Waals surface area (Å²) in [6, 6.07) is 16.9. The van der Waals surface area contributed by atoms with Crippen molar-refractivity contribution in [2.45, 2.75) is 19.4 Å². The van der Waals surface area contributed by atoms with Gasteiger partial charge in [0.05, 0.1) is 6.04 Å². The Bertz CT molecular complexity index is 584. The lowest BCUT2D eigenvalue weighted by atomic mass is 10.0. The number of aryl methyl sites for hydroxylation is 1. The maximum atomic E-state index is 3.94. The highest BCUT2D eigenvalue weighted by Crippen LogP contribution is 2.25. The summed E-state index contributed by atoms with van der Waals surface area (Å²) in [5.41, 5.74) is 4.89. The summed E-state index contributed by atoms with van der Waals surface area (Å²) >= 11 is 0. The van der Waals surface area contributed by atoms with Crippen LogP contribution in [0.15, 0.2) is 73.8 Å². The maximum Gasteiger partial charge on any atom is 0.0695 e. The zero-order valence-electron chi connectivity index (χ0n) is 12.0. The van der Waals surface area contributed by atoms with E-state index in [-0.39, 0.29) is 6.04 Å². The summed E-state index contributed by atoms with van der Waals surface area (Å²) in [6.07, 6.45) is 4.74. The third kappa shape index (κ3) is 3.39. The minimum atomic E-state index is 0.113. The second-order valence-electron chi connectivity index (χ2n) is 4.92. The highest BCUT2D eigenvalue weighted by molar-refractivity contribution is 5.55. The van der Waals surface area contributed by atoms with Gasteiger partial charge in [-0.15, -0.1) is 13.2 Å². The lowest BCUT2D eigenvalue weighted by Crippen LogP contribution is -2.09. The smallest absolute Gasteiger partial charge is 0.0695 e. The highest BCUT2D eigenvalue weighted by Gasteiger charge is 2.09. The van der Waals surface area contributed by atoms with Crippen LogP contribution in [0.2, 0.25) is 0 Å². The molecule has 1 heteroatoms. The molecule has 0 bridgehead atoms. The van der Waals surface area contributed by atoms with Crippen LogP contribution in [0.3, 0.4) is 0 Å². The molecule has 20 heavy (non-hydrogen) atoms. The Hall–Kier alpha value is -2.28. The molecule has 0 fully saturated rings. The monoisotopic (exact) mass is 263 g/mol. The van der Waals surface area contributed by atoms with Gasteiger partial charge in [0.25, 0.3) is 0 Å². The van der Waals surface area contributed by atoms with E-state index >= 15 is 0 Å². The first kappa shape index (κ1) is 14.1. The molecule has 2 aromatic carbocycles. The number of rotatable bonds is 6. The van der Waals surface area contributed by atoms with Crippen molar-refractivity contribution in [3.8, 4) is 0 Å². The normalized spacial score (nSPS) is 11.7. The average molecular weight is 263 g/mol. The first-order valence-electron chi connectivity index (χ1n) is 6.89. The molecule has 0 heterocycles. The molecule has 1 N–H and O–H groups in total. The molecule has 0 aliphatic heterocycles. The van der Waals surface area contributed by atoms with Crippen LogP contribution in [0.1, 0.15) is 22.7 Å². The van der Waals surface area contributed by atoms with Crippen molar-refractivity contribution in [1.29, 1.82) is 0 Å². The van der Waals surface area contributed by atoms with Gasteiger partial charge in [0.15, 0.2) is 0 Å². The number of benzene rings is 2. The minimum Gasteiger partial charge on any atom is -0.375 e. The van der Waals surface area contributed by atoms with Crippen LogP contribution < -0.4 is 5.32 Å². The summed E-state index contributed by atoms with van der Waals surface area (Å²) in [7, 11) is 0. The minimum absolute atomic E-state index is 0.113. The maximum absolute atomic E-state index is 3.94. The molecule has 102 valence electrons. The lowest BCUT2D eigenvalue weighted by Gasteiger charge is -2.19. The van der Waals surface area contributed by atoms with Crippen molar-refractivity contribution in [2.75, 3.05) is 5.32 Å². The van der Waals surface area contributed by atoms with E-state index in [2.05, 4.69) is 55.7 Å². The Morgan fingerprint density at radius 2 is 1.85 bits per heavy atom. The van der Waals surface area contributed by atoms with Crippen molar-refractivity contribution in [3.05, 3.63) is 90.5 Å². The third-order valence-electron chi connectivity index (χ3n) is 3.33. The SMILES string of the molecule is C=CCc1cc(C)ccc1N[C@@H](C=C)c1ccccc1. The predicted octanol–water partition coefficient (Wildman–Crippen LogP) is 5.06. The molecule has 0 unspecified atom stereocenters. The fraction of sp³-hybridized carbons (Fsp3) is 0.158. The van der Waals surface area contributed by atoms with Crippen molar-refractivity contribution in [3.63, 3.8) is 0 Å². The van der Waals surface area contributed by atoms with E-state index in [1.54, 1.807) is 0 Å². The fourth-order valence-corrected chi connectivity index (χ4v) is 2.29. The van der Waals surface area contributed by atoms with Gasteiger partial charge in [-0.05, 0) is 30.5 Å². The zero-order valence-corrected chi connectivity index (χ0v) is 12.0. The van der Waals surface area contributed by atoms with Crippen LogP contribution in [-0.4, -0.2) is 0 Å². The summed E-state index contributed by atoms with van der Waals surface area (Å²) in [6.45, 7) is 9.89. The van der Waals surface area contributed by atoms with Gasteiger partial charge in [0.2, 0.25) is 0 Å². The number of hydrogen-bond donors (Lipinski definition) is 1. The topological polar surface area (TPSA) is 12.0 Å². The van der Waals surface area contributed by atoms with E-state index in [1.165, 1.54) is 16.7 Å². The number of hydrogen-bond acceptors (Lipinski definition) is 1. The molecule has 0 radical (unpaired) electrons. The highest BCUT2D eigenvalue weighted by atomic mass is 14.9. The quantitative estimate of drug-likeness (QED) is 0.718. The van der Waals surface area contributed by atoms with Crippen LogP contribution in [0, 0.1) is 6.92 Å². The third-order valence-corrected chi connectivity index (χ3v) is 3.33.